The third-order valence-corrected chi connectivity index (χ3v) is 3.31. The molecule has 0 aromatic heterocycles. The molecule has 1 unspecified atom stereocenters. The number of nitrogens with one attached hydrogen (secondary N) is 1. The van der Waals surface area contributed by atoms with Crippen molar-refractivity contribution in [2.75, 3.05) is 24.9 Å². The van der Waals surface area contributed by atoms with Gasteiger partial charge < -0.3 is 15.2 Å². The van der Waals surface area contributed by atoms with Gasteiger partial charge in [0.15, 0.2) is 0 Å². The van der Waals surface area contributed by atoms with E-state index in [0.717, 1.165) is 11.3 Å². The predicted octanol–water partition coefficient (Wildman–Crippen LogP) is 2.78. The molecule has 0 heterocycles. The minimum absolute atomic E-state index is 0.0805. The van der Waals surface area contributed by atoms with Gasteiger partial charge in [0.25, 0.3) is 0 Å². The van der Waals surface area contributed by atoms with Gasteiger partial charge in [-0.25, -0.2) is 4.79 Å². The molecule has 0 bridgehead atoms. The Hall–Kier alpha value is -1.26. The van der Waals surface area contributed by atoms with Crippen LogP contribution in [0.25, 0.3) is 0 Å². The van der Waals surface area contributed by atoms with Crippen molar-refractivity contribution in [2.45, 2.75) is 32.3 Å². The first kappa shape index (κ1) is 16.8. The lowest BCUT2D eigenvalue weighted by molar-refractivity contribution is 0.0600. The highest BCUT2D eigenvalue weighted by Crippen LogP contribution is 2.30. The van der Waals surface area contributed by atoms with E-state index in [0.29, 0.717) is 12.1 Å². The number of carbonyl (C=O) groups excluding carboxylic acids is 1. The average molecular weight is 300 g/mol. The number of aliphatic hydroxyl groups excluding tert-OH is 1. The molecule has 0 fully saturated rings. The maximum absolute atomic E-state index is 11.6. The van der Waals surface area contributed by atoms with Crippen LogP contribution in [0.15, 0.2) is 18.2 Å². The molecule has 0 saturated heterocycles. The zero-order chi connectivity index (χ0) is 15.3. The van der Waals surface area contributed by atoms with Crippen molar-refractivity contribution in [3.8, 4) is 0 Å². The Labute approximate surface area is 125 Å². The fraction of sp³-hybridized carbons (Fsp3) is 0.533. The third-order valence-electron chi connectivity index (χ3n) is 2.95. The van der Waals surface area contributed by atoms with Crippen molar-refractivity contribution >= 4 is 23.3 Å². The number of anilines is 1. The summed E-state index contributed by atoms with van der Waals surface area (Å²) >= 11 is 5.59. The van der Waals surface area contributed by atoms with Crippen LogP contribution in [0, 0.1) is 0 Å². The van der Waals surface area contributed by atoms with E-state index in [9.17, 15) is 9.90 Å². The van der Waals surface area contributed by atoms with Gasteiger partial charge in [-0.15, -0.1) is 11.6 Å². The van der Waals surface area contributed by atoms with Crippen LogP contribution in [0.2, 0.25) is 0 Å². The Kier molecular flexibility index (Phi) is 5.84. The molecule has 0 amide bonds. The molecule has 0 aliphatic carbocycles. The van der Waals surface area contributed by atoms with Crippen LogP contribution >= 0.6 is 11.6 Å². The molecule has 1 aromatic carbocycles. The van der Waals surface area contributed by atoms with Crippen LogP contribution in [0.4, 0.5) is 5.69 Å². The molecular weight excluding hydrogens is 278 g/mol. The van der Waals surface area contributed by atoms with Crippen LogP contribution < -0.4 is 5.32 Å². The summed E-state index contributed by atoms with van der Waals surface area (Å²) < 4.78 is 4.73. The smallest absolute Gasteiger partial charge is 0.337 e. The van der Waals surface area contributed by atoms with Crippen LogP contribution in [0.1, 0.15) is 36.7 Å². The number of hydrogen-bond acceptors (Lipinski definition) is 4. The average Bonchev–Trinajstić information content (AvgIpc) is 2.42. The summed E-state index contributed by atoms with van der Waals surface area (Å²) in [5, 5.41) is 12.7. The molecule has 0 aliphatic rings. The lowest BCUT2D eigenvalue weighted by atomic mass is 9.85. The van der Waals surface area contributed by atoms with Crippen LogP contribution in [-0.4, -0.2) is 36.7 Å². The molecule has 0 saturated carbocycles. The highest BCUT2D eigenvalue weighted by molar-refractivity contribution is 6.18. The monoisotopic (exact) mass is 299 g/mol. The molecule has 0 spiro atoms. The molecule has 5 heteroatoms. The van der Waals surface area contributed by atoms with Gasteiger partial charge >= 0.3 is 5.97 Å². The van der Waals surface area contributed by atoms with Gasteiger partial charge in [-0.3, -0.25) is 0 Å². The molecule has 1 aromatic rings. The second kappa shape index (κ2) is 6.95. The number of ether oxygens (including phenoxy) is 1. The van der Waals surface area contributed by atoms with Crippen molar-refractivity contribution in [1.82, 2.24) is 0 Å². The molecule has 2 N–H and O–H groups in total. The number of alkyl halides is 1. The van der Waals surface area contributed by atoms with E-state index in [1.807, 2.05) is 6.07 Å². The van der Waals surface area contributed by atoms with E-state index in [2.05, 4.69) is 26.1 Å². The van der Waals surface area contributed by atoms with E-state index in [-0.39, 0.29) is 17.3 Å². The Morgan fingerprint density at radius 1 is 1.45 bits per heavy atom. The second-order valence-corrected chi connectivity index (χ2v) is 6.00. The van der Waals surface area contributed by atoms with Crippen molar-refractivity contribution < 1.29 is 14.6 Å². The quantitative estimate of drug-likeness (QED) is 0.648. The normalized spacial score (nSPS) is 12.9. The summed E-state index contributed by atoms with van der Waals surface area (Å²) in [6.07, 6.45) is -0.633. The van der Waals surface area contributed by atoms with Crippen molar-refractivity contribution in [3.05, 3.63) is 29.3 Å². The van der Waals surface area contributed by atoms with Crippen LogP contribution in [0.3, 0.4) is 0 Å². The van der Waals surface area contributed by atoms with Gasteiger partial charge in [0.2, 0.25) is 0 Å². The molecule has 0 aliphatic heterocycles. The lowest BCUT2D eigenvalue weighted by Gasteiger charge is -2.24. The number of benzene rings is 1. The summed E-state index contributed by atoms with van der Waals surface area (Å²) in [5.41, 5.74) is 2.27. The fourth-order valence-electron chi connectivity index (χ4n) is 1.87. The van der Waals surface area contributed by atoms with Crippen molar-refractivity contribution in [1.29, 1.82) is 0 Å². The molecule has 112 valence electrons. The number of halogens is 1. The standard InChI is InChI=1S/C15H22ClNO3/c1-15(2,3)12-6-5-10(14(19)20-4)7-13(12)17-9-11(18)8-16/h5-7,11,17-18H,8-9H2,1-4H3. The van der Waals surface area contributed by atoms with Crippen molar-refractivity contribution in [2.24, 2.45) is 0 Å². The van der Waals surface area contributed by atoms with Crippen LogP contribution in [-0.2, 0) is 10.2 Å². The first-order valence-corrected chi connectivity index (χ1v) is 7.03. The molecular formula is C15H22ClNO3. The van der Waals surface area contributed by atoms with Gasteiger partial charge in [-0.05, 0) is 23.1 Å². The summed E-state index contributed by atoms with van der Waals surface area (Å²) in [6.45, 7) is 6.59. The summed E-state index contributed by atoms with van der Waals surface area (Å²) in [6, 6.07) is 5.39. The summed E-state index contributed by atoms with van der Waals surface area (Å²) in [5.74, 6) is -0.222. The van der Waals surface area contributed by atoms with Crippen LogP contribution in [0.5, 0.6) is 0 Å². The zero-order valence-electron chi connectivity index (χ0n) is 12.4. The number of esters is 1. The number of methoxy groups -OCH3 is 1. The van der Waals surface area contributed by atoms with Crippen molar-refractivity contribution in [3.63, 3.8) is 0 Å². The second-order valence-electron chi connectivity index (χ2n) is 5.69. The largest absolute Gasteiger partial charge is 0.465 e. The molecule has 20 heavy (non-hydrogen) atoms. The number of hydrogen-bond donors (Lipinski definition) is 2. The SMILES string of the molecule is COC(=O)c1ccc(C(C)(C)C)c(NCC(O)CCl)c1. The summed E-state index contributed by atoms with van der Waals surface area (Å²) in [7, 11) is 1.35. The first-order valence-electron chi connectivity index (χ1n) is 6.50. The van der Waals surface area contributed by atoms with Gasteiger partial charge in [-0.2, -0.15) is 0 Å². The van der Waals surface area contributed by atoms with Gasteiger partial charge in [-0.1, -0.05) is 26.8 Å². The minimum Gasteiger partial charge on any atom is -0.465 e. The number of aliphatic hydroxyl groups is 1. The molecule has 0 radical (unpaired) electrons. The van der Waals surface area contributed by atoms with Gasteiger partial charge in [0.05, 0.1) is 24.7 Å². The van der Waals surface area contributed by atoms with Gasteiger partial charge in [0, 0.05) is 12.2 Å². The summed E-state index contributed by atoms with van der Waals surface area (Å²) in [4.78, 5) is 11.6. The predicted molar refractivity (Wildman–Crippen MR) is 81.7 cm³/mol. The minimum atomic E-state index is -0.633. The Morgan fingerprint density at radius 3 is 2.60 bits per heavy atom. The number of rotatable bonds is 5. The number of carbonyl (C=O) groups is 1. The Morgan fingerprint density at radius 2 is 2.10 bits per heavy atom. The zero-order valence-corrected chi connectivity index (χ0v) is 13.1. The Balaban J connectivity index is 3.10. The highest BCUT2D eigenvalue weighted by atomic mass is 35.5. The van der Waals surface area contributed by atoms with E-state index in [1.54, 1.807) is 12.1 Å². The maximum Gasteiger partial charge on any atom is 0.337 e. The highest BCUT2D eigenvalue weighted by Gasteiger charge is 2.20. The van der Waals surface area contributed by atoms with E-state index < -0.39 is 6.10 Å². The molecule has 1 rings (SSSR count). The van der Waals surface area contributed by atoms with E-state index >= 15 is 0 Å². The molecule has 1 atom stereocenters. The van der Waals surface area contributed by atoms with Gasteiger partial charge in [0.1, 0.15) is 0 Å². The lowest BCUT2D eigenvalue weighted by Crippen LogP contribution is -2.23. The topological polar surface area (TPSA) is 58.6 Å². The van der Waals surface area contributed by atoms with E-state index in [4.69, 9.17) is 16.3 Å². The maximum atomic E-state index is 11.6. The third kappa shape index (κ3) is 4.39. The molecule has 4 nitrogen and oxygen atoms in total. The van der Waals surface area contributed by atoms with E-state index in [1.165, 1.54) is 7.11 Å². The first-order chi connectivity index (χ1) is 9.29. The Bertz CT molecular complexity index is 469. The fourth-order valence-corrected chi connectivity index (χ4v) is 1.98.